The number of phenolic OH excluding ortho intramolecular Hbond substituents is 1. The molecule has 0 spiro atoms. The van der Waals surface area contributed by atoms with E-state index in [1.165, 1.54) is 29.4 Å². The van der Waals surface area contributed by atoms with E-state index in [1.54, 1.807) is 43.3 Å². The van der Waals surface area contributed by atoms with E-state index in [2.05, 4.69) is 10.2 Å². The number of carbonyl (C=O) groups excluding carboxylic acids is 1. The lowest BCUT2D eigenvalue weighted by Gasteiger charge is -2.22. The number of hydrogen-bond acceptors (Lipinski definition) is 8. The zero-order valence-corrected chi connectivity index (χ0v) is 16.8. The summed E-state index contributed by atoms with van der Waals surface area (Å²) in [4.78, 5) is 28.2. The Balaban J connectivity index is 1.82. The van der Waals surface area contributed by atoms with Gasteiger partial charge in [0.05, 0.1) is 24.1 Å². The minimum atomic E-state index is -0.796. The van der Waals surface area contributed by atoms with Gasteiger partial charge >= 0.3 is 0 Å². The van der Waals surface area contributed by atoms with E-state index in [0.717, 1.165) is 0 Å². The monoisotopic (exact) mass is 421 g/mol. The maximum absolute atomic E-state index is 13.4. The number of carbonyl (C=O) groups is 1. The molecule has 5 rings (SSSR count). The van der Waals surface area contributed by atoms with Crippen LogP contribution < -0.4 is 15.1 Å². The summed E-state index contributed by atoms with van der Waals surface area (Å²) in [6.45, 7) is 1.78. The lowest BCUT2D eigenvalue weighted by atomic mass is 9.98. The Bertz CT molecular complexity index is 1380. The van der Waals surface area contributed by atoms with Crippen LogP contribution in [0, 0.1) is 6.92 Å². The topological polar surface area (TPSA) is 106 Å². The van der Waals surface area contributed by atoms with Gasteiger partial charge in [-0.2, -0.15) is 0 Å². The number of rotatable bonds is 3. The highest BCUT2D eigenvalue weighted by Crippen LogP contribution is 2.43. The van der Waals surface area contributed by atoms with Crippen LogP contribution in [-0.4, -0.2) is 28.3 Å². The number of nitrogens with zero attached hydrogens (tertiary/aromatic N) is 3. The van der Waals surface area contributed by atoms with Gasteiger partial charge in [0.1, 0.15) is 10.6 Å². The maximum Gasteiger partial charge on any atom is 0.297 e. The summed E-state index contributed by atoms with van der Waals surface area (Å²) in [7, 11) is 1.43. The van der Waals surface area contributed by atoms with Gasteiger partial charge in [0.15, 0.2) is 16.9 Å². The molecule has 3 heterocycles. The number of aromatic hydroxyl groups is 1. The standard InChI is InChI=1S/C21H15N3O5S/c1-10-22-23-21(30-10)24-17(11-7-8-13(25)15(9-11)28-2)16-18(26)12-5-3-4-6-14(12)29-19(16)20(24)27/h3-9,17,25H,1-2H3/t17-/m1/s1. The normalized spacial score (nSPS) is 15.6. The molecule has 0 fully saturated rings. The van der Waals surface area contributed by atoms with Crippen LogP contribution in [0.15, 0.2) is 51.7 Å². The Morgan fingerprint density at radius 2 is 1.97 bits per heavy atom. The van der Waals surface area contributed by atoms with Gasteiger partial charge in [-0.25, -0.2) is 0 Å². The van der Waals surface area contributed by atoms with E-state index < -0.39 is 11.9 Å². The van der Waals surface area contributed by atoms with Crippen molar-refractivity contribution in [3.8, 4) is 11.5 Å². The van der Waals surface area contributed by atoms with Gasteiger partial charge in [0.2, 0.25) is 10.9 Å². The molecule has 150 valence electrons. The number of phenols is 1. The van der Waals surface area contributed by atoms with Gasteiger partial charge in [0.25, 0.3) is 5.91 Å². The smallest absolute Gasteiger partial charge is 0.297 e. The molecule has 0 bridgehead atoms. The molecule has 1 amide bonds. The van der Waals surface area contributed by atoms with Crippen molar-refractivity contribution < 1.29 is 19.1 Å². The summed E-state index contributed by atoms with van der Waals surface area (Å²) >= 11 is 1.24. The number of aryl methyl sites for hydroxylation is 1. The molecular weight excluding hydrogens is 406 g/mol. The molecule has 2 aromatic carbocycles. The largest absolute Gasteiger partial charge is 0.504 e. The Kier molecular flexibility index (Phi) is 4.07. The van der Waals surface area contributed by atoms with E-state index in [-0.39, 0.29) is 28.3 Å². The average Bonchev–Trinajstić information content (AvgIpc) is 3.30. The van der Waals surface area contributed by atoms with Crippen LogP contribution in [0.3, 0.4) is 0 Å². The predicted molar refractivity (Wildman–Crippen MR) is 110 cm³/mol. The summed E-state index contributed by atoms with van der Waals surface area (Å²) in [5.74, 6) is -0.314. The fourth-order valence-corrected chi connectivity index (χ4v) is 4.39. The van der Waals surface area contributed by atoms with E-state index in [1.807, 2.05) is 0 Å². The van der Waals surface area contributed by atoms with Gasteiger partial charge in [0, 0.05) is 0 Å². The number of fused-ring (bicyclic) bond motifs is 2. The third kappa shape index (κ3) is 2.59. The van der Waals surface area contributed by atoms with E-state index in [0.29, 0.717) is 26.7 Å². The van der Waals surface area contributed by atoms with Crippen molar-refractivity contribution in [3.63, 3.8) is 0 Å². The molecule has 1 aliphatic rings. The molecule has 0 saturated heterocycles. The SMILES string of the molecule is COc1cc([C@@H]2c3c(oc4ccccc4c3=O)C(=O)N2c2nnc(C)s2)ccc1O. The van der Waals surface area contributed by atoms with Gasteiger partial charge in [-0.05, 0) is 36.8 Å². The van der Waals surface area contributed by atoms with Crippen molar-refractivity contribution >= 4 is 33.3 Å². The summed E-state index contributed by atoms with van der Waals surface area (Å²) in [6, 6.07) is 10.7. The average molecular weight is 421 g/mol. The number of benzene rings is 2. The van der Waals surface area contributed by atoms with Crippen molar-refractivity contribution in [1.29, 1.82) is 0 Å². The molecule has 0 saturated carbocycles. The molecule has 1 N–H and O–H groups in total. The molecular formula is C21H15N3O5S. The number of methoxy groups -OCH3 is 1. The zero-order chi connectivity index (χ0) is 21.0. The first-order valence-electron chi connectivity index (χ1n) is 9.06. The highest BCUT2D eigenvalue weighted by atomic mass is 32.1. The number of anilines is 1. The lowest BCUT2D eigenvalue weighted by molar-refractivity contribution is 0.0970. The molecule has 1 aliphatic heterocycles. The Morgan fingerprint density at radius 3 is 2.70 bits per heavy atom. The van der Waals surface area contributed by atoms with Gasteiger partial charge in [-0.15, -0.1) is 10.2 Å². The lowest BCUT2D eigenvalue weighted by Crippen LogP contribution is -2.29. The molecule has 8 nitrogen and oxygen atoms in total. The second kappa shape index (κ2) is 6.67. The Labute approximate surface area is 174 Å². The minimum absolute atomic E-state index is 0.0244. The fourth-order valence-electron chi connectivity index (χ4n) is 3.68. The molecule has 2 aromatic heterocycles. The molecule has 9 heteroatoms. The number of ether oxygens (including phenoxy) is 1. The Hall–Kier alpha value is -3.72. The quantitative estimate of drug-likeness (QED) is 0.540. The fraction of sp³-hybridized carbons (Fsp3) is 0.143. The summed E-state index contributed by atoms with van der Waals surface area (Å²) in [5, 5.41) is 19.5. The van der Waals surface area contributed by atoms with E-state index in [9.17, 15) is 14.7 Å². The van der Waals surface area contributed by atoms with E-state index >= 15 is 0 Å². The highest BCUT2D eigenvalue weighted by molar-refractivity contribution is 7.15. The van der Waals surface area contributed by atoms with E-state index in [4.69, 9.17) is 9.15 Å². The third-order valence-electron chi connectivity index (χ3n) is 5.02. The first-order valence-corrected chi connectivity index (χ1v) is 9.87. The molecule has 1 atom stereocenters. The third-order valence-corrected chi connectivity index (χ3v) is 5.86. The summed E-state index contributed by atoms with van der Waals surface area (Å²) in [5.41, 5.74) is 0.847. The minimum Gasteiger partial charge on any atom is -0.504 e. The molecule has 4 aromatic rings. The highest BCUT2D eigenvalue weighted by Gasteiger charge is 2.45. The Morgan fingerprint density at radius 1 is 1.17 bits per heavy atom. The number of para-hydroxylation sites is 1. The van der Waals surface area contributed by atoms with Crippen molar-refractivity contribution in [2.24, 2.45) is 0 Å². The number of aromatic nitrogens is 2. The van der Waals surface area contributed by atoms with Crippen molar-refractivity contribution in [2.75, 3.05) is 12.0 Å². The van der Waals surface area contributed by atoms with Crippen LogP contribution in [0.5, 0.6) is 11.5 Å². The molecule has 0 aliphatic carbocycles. The molecule has 0 radical (unpaired) electrons. The second-order valence-corrected chi connectivity index (χ2v) is 7.94. The van der Waals surface area contributed by atoms with Crippen molar-refractivity contribution in [2.45, 2.75) is 13.0 Å². The predicted octanol–water partition coefficient (Wildman–Crippen LogP) is 3.42. The first kappa shape index (κ1) is 18.3. The summed E-state index contributed by atoms with van der Waals surface area (Å²) < 4.78 is 11.1. The second-order valence-electron chi connectivity index (χ2n) is 6.78. The van der Waals surface area contributed by atoms with Crippen LogP contribution in [0.25, 0.3) is 11.0 Å². The molecule has 0 unspecified atom stereocenters. The zero-order valence-electron chi connectivity index (χ0n) is 15.9. The van der Waals surface area contributed by atoms with Crippen LogP contribution in [-0.2, 0) is 0 Å². The number of hydrogen-bond donors (Lipinski definition) is 1. The maximum atomic E-state index is 13.4. The first-order chi connectivity index (χ1) is 14.5. The van der Waals surface area contributed by atoms with Gasteiger partial charge < -0.3 is 14.3 Å². The summed E-state index contributed by atoms with van der Waals surface area (Å²) in [6.07, 6.45) is 0. The van der Waals surface area contributed by atoms with Crippen LogP contribution >= 0.6 is 11.3 Å². The number of amides is 1. The van der Waals surface area contributed by atoms with Gasteiger partial charge in [-0.1, -0.05) is 29.5 Å². The van der Waals surface area contributed by atoms with Crippen LogP contribution in [0.2, 0.25) is 0 Å². The molecule has 30 heavy (non-hydrogen) atoms. The van der Waals surface area contributed by atoms with Gasteiger partial charge in [-0.3, -0.25) is 14.5 Å². The van der Waals surface area contributed by atoms with Crippen molar-refractivity contribution in [3.05, 3.63) is 74.6 Å². The van der Waals surface area contributed by atoms with Crippen molar-refractivity contribution in [1.82, 2.24) is 10.2 Å². The van der Waals surface area contributed by atoms with Crippen LogP contribution in [0.1, 0.15) is 32.7 Å². The van der Waals surface area contributed by atoms with Crippen LogP contribution in [0.4, 0.5) is 5.13 Å².